The number of carbonyl (C=O) groups is 1. The first-order valence-electron chi connectivity index (χ1n) is 8.10. The molecule has 126 valence electrons. The largest absolute Gasteiger partial charge is 0.489 e. The van der Waals surface area contributed by atoms with Crippen molar-refractivity contribution in [3.63, 3.8) is 0 Å². The van der Waals surface area contributed by atoms with E-state index in [4.69, 9.17) is 4.74 Å². The van der Waals surface area contributed by atoms with Gasteiger partial charge in [-0.15, -0.1) is 0 Å². The normalized spacial score (nSPS) is 10.5. The van der Waals surface area contributed by atoms with Crippen LogP contribution in [-0.4, -0.2) is 26.4 Å². The molecule has 0 N–H and O–H groups in total. The molecular formula is C19H24BNO2S. The van der Waals surface area contributed by atoms with Gasteiger partial charge >= 0.3 is 0 Å². The molecule has 0 saturated carbocycles. The van der Waals surface area contributed by atoms with Gasteiger partial charge in [-0.3, -0.25) is 4.79 Å². The predicted octanol–water partition coefficient (Wildman–Crippen LogP) is 3.31. The minimum absolute atomic E-state index is 0.0188. The van der Waals surface area contributed by atoms with E-state index < -0.39 is 0 Å². The van der Waals surface area contributed by atoms with Gasteiger partial charge in [-0.25, -0.2) is 0 Å². The second-order valence-electron chi connectivity index (χ2n) is 5.84. The summed E-state index contributed by atoms with van der Waals surface area (Å²) in [4.78, 5) is 13.7. The number of aryl methyl sites for hydroxylation is 2. The van der Waals surface area contributed by atoms with Crippen molar-refractivity contribution in [3.05, 3.63) is 53.1 Å². The molecule has 0 saturated heterocycles. The van der Waals surface area contributed by atoms with Crippen molar-refractivity contribution in [2.75, 3.05) is 18.2 Å². The molecule has 5 heteroatoms. The van der Waals surface area contributed by atoms with Gasteiger partial charge in [0.1, 0.15) is 20.2 Å². The van der Waals surface area contributed by atoms with Crippen molar-refractivity contribution in [1.29, 1.82) is 0 Å². The lowest BCUT2D eigenvalue weighted by Crippen LogP contribution is -2.26. The Morgan fingerprint density at radius 2 is 2.04 bits per heavy atom. The molecule has 0 radical (unpaired) electrons. The summed E-state index contributed by atoms with van der Waals surface area (Å²) in [6, 6.07) is 12.3. The van der Waals surface area contributed by atoms with E-state index in [0.29, 0.717) is 6.61 Å². The number of carbonyl (C=O) groups excluding carboxylic acids is 1. The molecule has 0 aliphatic carbocycles. The first kappa shape index (κ1) is 18.5. The Morgan fingerprint density at radius 3 is 2.67 bits per heavy atom. The van der Waals surface area contributed by atoms with Gasteiger partial charge in [0, 0.05) is 12.6 Å². The average molecular weight is 341 g/mol. The SMILES string of the molecule is Bc1cccc(N(C)C(=O)SC)c1COc1ccc(CC)cc1C. The van der Waals surface area contributed by atoms with Gasteiger partial charge < -0.3 is 9.64 Å². The van der Waals surface area contributed by atoms with E-state index in [0.717, 1.165) is 34.4 Å². The van der Waals surface area contributed by atoms with Gasteiger partial charge in [-0.05, 0) is 42.9 Å². The molecule has 0 atom stereocenters. The Balaban J connectivity index is 2.25. The number of benzene rings is 2. The number of hydrogen-bond acceptors (Lipinski definition) is 3. The zero-order valence-electron chi connectivity index (χ0n) is 15.1. The number of hydrogen-bond donors (Lipinski definition) is 0. The smallest absolute Gasteiger partial charge is 0.285 e. The van der Waals surface area contributed by atoms with E-state index in [-0.39, 0.29) is 5.24 Å². The molecule has 3 nitrogen and oxygen atoms in total. The second kappa shape index (κ2) is 8.29. The van der Waals surface area contributed by atoms with Crippen molar-refractivity contribution in [2.45, 2.75) is 26.9 Å². The fourth-order valence-electron chi connectivity index (χ4n) is 2.67. The molecule has 2 rings (SSSR count). The van der Waals surface area contributed by atoms with Gasteiger partial charge in [-0.2, -0.15) is 0 Å². The summed E-state index contributed by atoms with van der Waals surface area (Å²) in [7, 11) is 3.85. The van der Waals surface area contributed by atoms with E-state index in [1.807, 2.05) is 32.1 Å². The lowest BCUT2D eigenvalue weighted by Gasteiger charge is -2.22. The van der Waals surface area contributed by atoms with Gasteiger partial charge in [-0.1, -0.05) is 48.4 Å². The number of ether oxygens (including phenoxy) is 1. The van der Waals surface area contributed by atoms with E-state index in [2.05, 4.69) is 26.0 Å². The van der Waals surface area contributed by atoms with Gasteiger partial charge in [0.15, 0.2) is 0 Å². The van der Waals surface area contributed by atoms with Crippen molar-refractivity contribution < 1.29 is 9.53 Å². The van der Waals surface area contributed by atoms with Crippen LogP contribution in [0.2, 0.25) is 0 Å². The Labute approximate surface area is 149 Å². The van der Waals surface area contributed by atoms with Gasteiger partial charge in [0.25, 0.3) is 5.24 Å². The summed E-state index contributed by atoms with van der Waals surface area (Å²) in [6.45, 7) is 4.66. The molecule has 24 heavy (non-hydrogen) atoms. The first-order valence-corrected chi connectivity index (χ1v) is 9.32. The first-order chi connectivity index (χ1) is 11.5. The fourth-order valence-corrected chi connectivity index (χ4v) is 3.04. The van der Waals surface area contributed by atoms with E-state index in [9.17, 15) is 4.79 Å². The van der Waals surface area contributed by atoms with Crippen molar-refractivity contribution in [2.24, 2.45) is 0 Å². The average Bonchev–Trinajstić information content (AvgIpc) is 2.59. The van der Waals surface area contributed by atoms with Crippen molar-refractivity contribution in [3.8, 4) is 5.75 Å². The molecule has 0 fully saturated rings. The summed E-state index contributed by atoms with van der Waals surface area (Å²) in [5, 5.41) is 0.0188. The molecule has 0 aliphatic heterocycles. The molecule has 1 amide bonds. The van der Waals surface area contributed by atoms with Crippen LogP contribution in [-0.2, 0) is 13.0 Å². The zero-order valence-corrected chi connectivity index (χ0v) is 15.9. The van der Waals surface area contributed by atoms with Crippen molar-refractivity contribution >= 4 is 36.0 Å². The molecule has 0 aromatic heterocycles. The van der Waals surface area contributed by atoms with Crippen LogP contribution >= 0.6 is 11.8 Å². The molecule has 0 heterocycles. The maximum atomic E-state index is 12.0. The minimum atomic E-state index is 0.0188. The Morgan fingerprint density at radius 1 is 1.29 bits per heavy atom. The topological polar surface area (TPSA) is 29.5 Å². The van der Waals surface area contributed by atoms with Crippen LogP contribution in [0.5, 0.6) is 5.75 Å². The van der Waals surface area contributed by atoms with Crippen LogP contribution in [0.4, 0.5) is 10.5 Å². The summed E-state index contributed by atoms with van der Waals surface area (Å²) in [5.74, 6) is 0.889. The monoisotopic (exact) mass is 341 g/mol. The number of rotatable bonds is 5. The number of thioether (sulfide) groups is 1. The second-order valence-corrected chi connectivity index (χ2v) is 6.60. The van der Waals surface area contributed by atoms with E-state index >= 15 is 0 Å². The number of anilines is 1. The Kier molecular flexibility index (Phi) is 6.38. The summed E-state index contributed by atoms with van der Waals surface area (Å²) < 4.78 is 6.06. The molecule has 0 spiro atoms. The Bertz CT molecular complexity index is 733. The Hall–Kier alpha value is -1.88. The lowest BCUT2D eigenvalue weighted by atomic mass is 9.89. The standard InChI is InChI=1S/C19H24BNO2S/c1-5-14-9-10-18(13(2)11-14)23-12-15-16(20)7-6-8-17(15)21(3)19(22)24-4/h6-11H,5,12,20H2,1-4H3. The predicted molar refractivity (Wildman–Crippen MR) is 107 cm³/mol. The van der Waals surface area contributed by atoms with Crippen molar-refractivity contribution in [1.82, 2.24) is 0 Å². The summed E-state index contributed by atoms with van der Waals surface area (Å²) in [5.41, 5.74) is 5.51. The number of nitrogens with zero attached hydrogens (tertiary/aromatic N) is 1. The highest BCUT2D eigenvalue weighted by Gasteiger charge is 2.15. The van der Waals surface area contributed by atoms with Crippen LogP contribution in [0.1, 0.15) is 23.6 Å². The van der Waals surface area contributed by atoms with E-state index in [1.165, 1.54) is 17.3 Å². The third-order valence-corrected chi connectivity index (χ3v) is 4.84. The molecule has 0 aliphatic rings. The maximum Gasteiger partial charge on any atom is 0.285 e. The molecule has 2 aromatic carbocycles. The van der Waals surface area contributed by atoms with Crippen LogP contribution in [0.3, 0.4) is 0 Å². The third kappa shape index (κ3) is 4.15. The summed E-state index contributed by atoms with van der Waals surface area (Å²) in [6.07, 6.45) is 2.81. The van der Waals surface area contributed by atoms with Crippen LogP contribution in [0.25, 0.3) is 0 Å². The highest BCUT2D eigenvalue weighted by molar-refractivity contribution is 8.13. The number of amides is 1. The molecular weight excluding hydrogens is 317 g/mol. The fraction of sp³-hybridized carbons (Fsp3) is 0.316. The maximum absolute atomic E-state index is 12.0. The highest BCUT2D eigenvalue weighted by Crippen LogP contribution is 2.24. The van der Waals surface area contributed by atoms with Crippen LogP contribution < -0.4 is 15.1 Å². The molecule has 2 aromatic rings. The van der Waals surface area contributed by atoms with Gasteiger partial charge in [0.05, 0.1) is 5.69 Å². The van der Waals surface area contributed by atoms with Crippen LogP contribution in [0, 0.1) is 6.92 Å². The third-order valence-electron chi connectivity index (χ3n) is 4.21. The van der Waals surface area contributed by atoms with E-state index in [1.54, 1.807) is 18.2 Å². The van der Waals surface area contributed by atoms with Crippen LogP contribution in [0.15, 0.2) is 36.4 Å². The molecule has 0 unspecified atom stereocenters. The summed E-state index contributed by atoms with van der Waals surface area (Å²) >= 11 is 1.21. The van der Waals surface area contributed by atoms with Gasteiger partial charge in [0.2, 0.25) is 0 Å². The quantitative estimate of drug-likeness (QED) is 0.782. The minimum Gasteiger partial charge on any atom is -0.489 e. The molecule has 0 bridgehead atoms. The zero-order chi connectivity index (χ0) is 17.7. The lowest BCUT2D eigenvalue weighted by molar-refractivity contribution is 0.266. The highest BCUT2D eigenvalue weighted by atomic mass is 32.2.